The number of aromatic nitrogens is 2. The van der Waals surface area contributed by atoms with Crippen LogP contribution in [0.2, 0.25) is 0 Å². The van der Waals surface area contributed by atoms with Gasteiger partial charge >= 0.3 is 0 Å². The summed E-state index contributed by atoms with van der Waals surface area (Å²) in [5.41, 5.74) is 2.91. The highest BCUT2D eigenvalue weighted by Gasteiger charge is 2.21. The fraction of sp³-hybridized carbons (Fsp3) is 0.323. The first-order valence-electron chi connectivity index (χ1n) is 14.1. The molecule has 0 saturated carbocycles. The fourth-order valence-corrected chi connectivity index (χ4v) is 4.63. The third kappa shape index (κ3) is 8.30. The highest BCUT2D eigenvalue weighted by Crippen LogP contribution is 2.36. The number of carbonyl (C=O) groups is 3. The number of aliphatic hydroxyl groups is 1. The van der Waals surface area contributed by atoms with Crippen molar-refractivity contribution in [3.63, 3.8) is 0 Å². The number of anilines is 5. The van der Waals surface area contributed by atoms with Gasteiger partial charge in [0.1, 0.15) is 11.4 Å². The molecule has 1 saturated heterocycles. The molecule has 0 aliphatic carbocycles. The maximum atomic E-state index is 13.3. The van der Waals surface area contributed by atoms with Gasteiger partial charge in [-0.25, -0.2) is 9.97 Å². The van der Waals surface area contributed by atoms with E-state index < -0.39 is 5.91 Å². The number of aliphatic hydroxyl groups excluding tert-OH is 1. The predicted octanol–water partition coefficient (Wildman–Crippen LogP) is 3.02. The summed E-state index contributed by atoms with van der Waals surface area (Å²) in [7, 11) is 5.47. The molecule has 0 spiro atoms. The van der Waals surface area contributed by atoms with E-state index in [0.717, 1.165) is 31.6 Å². The molecule has 4 N–H and O–H groups in total. The number of methoxy groups -OCH3 is 1. The molecular formula is C31H37N7O6. The fourth-order valence-electron chi connectivity index (χ4n) is 4.63. The van der Waals surface area contributed by atoms with Crippen LogP contribution in [0.15, 0.2) is 61.0 Å². The van der Waals surface area contributed by atoms with Gasteiger partial charge in [0, 0.05) is 43.1 Å². The first-order chi connectivity index (χ1) is 21.2. The van der Waals surface area contributed by atoms with Crippen molar-refractivity contribution in [2.45, 2.75) is 18.9 Å². The minimum Gasteiger partial charge on any atom is -0.494 e. The third-order valence-corrected chi connectivity index (χ3v) is 6.92. The molecule has 2 aromatic carbocycles. The van der Waals surface area contributed by atoms with Gasteiger partial charge in [-0.2, -0.15) is 0 Å². The largest absolute Gasteiger partial charge is 0.494 e. The lowest BCUT2D eigenvalue weighted by Crippen LogP contribution is -2.21. The second-order valence-corrected chi connectivity index (χ2v) is 10.4. The molecule has 1 unspecified atom stereocenters. The summed E-state index contributed by atoms with van der Waals surface area (Å²) in [4.78, 5) is 49.4. The second-order valence-electron chi connectivity index (χ2n) is 10.4. The molecule has 13 heteroatoms. The van der Waals surface area contributed by atoms with Gasteiger partial charge in [0.15, 0.2) is 5.76 Å². The van der Waals surface area contributed by atoms with Gasteiger partial charge in [-0.3, -0.25) is 14.4 Å². The number of ketones is 1. The van der Waals surface area contributed by atoms with E-state index in [9.17, 15) is 19.5 Å². The van der Waals surface area contributed by atoms with E-state index in [4.69, 9.17) is 4.74 Å². The Hall–Kier alpha value is -5.01. The van der Waals surface area contributed by atoms with Crippen LogP contribution in [-0.4, -0.2) is 91.6 Å². The molecule has 44 heavy (non-hydrogen) atoms. The average molecular weight is 604 g/mol. The number of nitrogens with one attached hydrogen (secondary N) is 3. The van der Waals surface area contributed by atoms with Crippen molar-refractivity contribution in [1.82, 2.24) is 14.9 Å². The van der Waals surface area contributed by atoms with Crippen LogP contribution in [0, 0.1) is 0 Å². The molecule has 1 atom stereocenters. The number of nitrogens with zero attached hydrogens (tertiary/aromatic N) is 4. The van der Waals surface area contributed by atoms with Crippen molar-refractivity contribution in [1.29, 1.82) is 0 Å². The Morgan fingerprint density at radius 2 is 1.93 bits per heavy atom. The topological polar surface area (TPSA) is 158 Å². The first-order valence-corrected chi connectivity index (χ1v) is 14.1. The Morgan fingerprint density at radius 3 is 2.59 bits per heavy atom. The van der Waals surface area contributed by atoms with Crippen LogP contribution in [0.25, 0.3) is 0 Å². The molecule has 2 heterocycles. The quantitative estimate of drug-likeness (QED) is 0.0663. The minimum atomic E-state index is -0.708. The van der Waals surface area contributed by atoms with Crippen molar-refractivity contribution in [2.75, 3.05) is 68.2 Å². The lowest BCUT2D eigenvalue weighted by molar-refractivity contribution is -0.129. The Labute approximate surface area is 255 Å². The molecule has 13 nitrogen and oxygen atoms in total. The number of hydrogen-bond donors (Lipinski definition) is 4. The van der Waals surface area contributed by atoms with E-state index in [1.54, 1.807) is 24.3 Å². The monoisotopic (exact) mass is 603 g/mol. The summed E-state index contributed by atoms with van der Waals surface area (Å²) in [6.45, 7) is 6.39. The predicted molar refractivity (Wildman–Crippen MR) is 168 cm³/mol. The maximum absolute atomic E-state index is 13.3. The van der Waals surface area contributed by atoms with Crippen LogP contribution in [0.1, 0.15) is 28.9 Å². The van der Waals surface area contributed by atoms with Gasteiger partial charge in [-0.05, 0) is 69.9 Å². The van der Waals surface area contributed by atoms with Gasteiger partial charge in [-0.1, -0.05) is 6.58 Å². The summed E-state index contributed by atoms with van der Waals surface area (Å²) in [6, 6.07) is 12.0. The van der Waals surface area contributed by atoms with E-state index in [0.29, 0.717) is 41.5 Å². The minimum absolute atomic E-state index is 0.127. The van der Waals surface area contributed by atoms with Crippen LogP contribution in [0.4, 0.5) is 28.7 Å². The molecular weight excluding hydrogens is 566 g/mol. The maximum Gasteiger partial charge on any atom is 0.298 e. The van der Waals surface area contributed by atoms with Gasteiger partial charge in [0.05, 0.1) is 30.3 Å². The van der Waals surface area contributed by atoms with Gasteiger partial charge in [0.2, 0.25) is 11.7 Å². The highest BCUT2D eigenvalue weighted by molar-refractivity contribution is 6.08. The van der Waals surface area contributed by atoms with Crippen molar-refractivity contribution in [3.8, 4) is 5.75 Å². The molecule has 1 amide bonds. The van der Waals surface area contributed by atoms with Crippen LogP contribution in [0.3, 0.4) is 0 Å². The second kappa shape index (κ2) is 14.9. The van der Waals surface area contributed by atoms with Crippen LogP contribution in [0.5, 0.6) is 5.75 Å². The molecule has 1 fully saturated rings. The summed E-state index contributed by atoms with van der Waals surface area (Å²) in [5, 5.41) is 18.9. The molecule has 0 bridgehead atoms. The van der Waals surface area contributed by atoms with Gasteiger partial charge in [0.25, 0.3) is 12.4 Å². The lowest BCUT2D eigenvalue weighted by atomic mass is 10.1. The third-order valence-electron chi connectivity index (χ3n) is 6.92. The van der Waals surface area contributed by atoms with E-state index >= 15 is 0 Å². The van der Waals surface area contributed by atoms with Crippen LogP contribution in [-0.2, 0) is 14.3 Å². The molecule has 0 radical (unpaired) electrons. The average Bonchev–Trinajstić information content (AvgIpc) is 3.46. The lowest BCUT2D eigenvalue weighted by Gasteiger charge is -2.19. The zero-order valence-corrected chi connectivity index (χ0v) is 25.0. The van der Waals surface area contributed by atoms with E-state index in [1.165, 1.54) is 19.4 Å². The number of β-amino-alcohol motifs (C(OH)–C–C–N with tert-alkyl or cyclic N) is 1. The van der Waals surface area contributed by atoms with E-state index in [2.05, 4.69) is 47.0 Å². The first kappa shape index (κ1) is 31.9. The molecule has 1 aliphatic heterocycles. The standard InChI is InChI=1S/C31H37N7O6/c1-20(44-19-39)30(42)34-26-16-27(28(43-4)17-25(26)32-12-5-14-37(2)3)36-31-33-13-10-24(35-31)29(41)21-6-8-22(9-7-21)38-15-11-23(40)18-38/h6-10,13,16-17,19,23,32,40H,1,5,11-12,14-15,18H2,2-4H3,(H,34,42)(H,33,35,36). The van der Waals surface area contributed by atoms with Crippen LogP contribution < -0.4 is 25.6 Å². The van der Waals surface area contributed by atoms with Crippen molar-refractivity contribution in [2.24, 2.45) is 0 Å². The van der Waals surface area contributed by atoms with Crippen molar-refractivity contribution in [3.05, 3.63) is 72.3 Å². The van der Waals surface area contributed by atoms with E-state index in [-0.39, 0.29) is 35.8 Å². The summed E-state index contributed by atoms with van der Waals surface area (Å²) < 4.78 is 10.2. The number of rotatable bonds is 15. The molecule has 3 aromatic rings. The Balaban J connectivity index is 1.55. The highest BCUT2D eigenvalue weighted by atomic mass is 16.5. The normalized spacial score (nSPS) is 14.2. The smallest absolute Gasteiger partial charge is 0.298 e. The van der Waals surface area contributed by atoms with Gasteiger partial charge < -0.3 is 40.3 Å². The summed E-state index contributed by atoms with van der Waals surface area (Å²) in [6.07, 6.45) is 2.68. The number of carbonyl (C=O) groups excluding carboxylic acids is 3. The zero-order valence-electron chi connectivity index (χ0n) is 25.0. The Morgan fingerprint density at radius 1 is 1.16 bits per heavy atom. The molecule has 4 rings (SSSR count). The van der Waals surface area contributed by atoms with Crippen molar-refractivity contribution >= 4 is 46.9 Å². The Bertz CT molecular complexity index is 1500. The van der Waals surface area contributed by atoms with Crippen molar-refractivity contribution < 1.29 is 29.0 Å². The number of amides is 1. The number of hydrogen-bond acceptors (Lipinski definition) is 12. The summed E-state index contributed by atoms with van der Waals surface area (Å²) in [5.74, 6) is -0.808. The number of benzene rings is 2. The Kier molecular flexibility index (Phi) is 10.8. The SMILES string of the molecule is C=C(OC=O)C(=O)Nc1cc(Nc2nccc(C(=O)c3ccc(N4CCC(O)C4)cc3)n2)c(OC)cc1NCCCN(C)C. The molecule has 1 aliphatic rings. The van der Waals surface area contributed by atoms with Gasteiger partial charge in [-0.15, -0.1) is 0 Å². The molecule has 1 aromatic heterocycles. The van der Waals surface area contributed by atoms with Crippen LogP contribution >= 0.6 is 0 Å². The zero-order chi connectivity index (χ0) is 31.6. The molecule has 232 valence electrons. The van der Waals surface area contributed by atoms with E-state index in [1.807, 2.05) is 26.2 Å². The number of ether oxygens (including phenoxy) is 2. The summed E-state index contributed by atoms with van der Waals surface area (Å²) >= 11 is 0.